The van der Waals surface area contributed by atoms with Crippen molar-refractivity contribution in [2.75, 3.05) is 36.0 Å². The topological polar surface area (TPSA) is 88.1 Å². The van der Waals surface area contributed by atoms with Gasteiger partial charge in [0.05, 0.1) is 36.7 Å². The van der Waals surface area contributed by atoms with E-state index >= 15 is 4.39 Å². The van der Waals surface area contributed by atoms with Crippen molar-refractivity contribution >= 4 is 41.0 Å². The highest BCUT2D eigenvalue weighted by Gasteiger charge is 2.37. The first-order valence-electron chi connectivity index (χ1n) is 13.2. The summed E-state index contributed by atoms with van der Waals surface area (Å²) in [7, 11) is 0. The van der Waals surface area contributed by atoms with Crippen LogP contribution in [0.15, 0.2) is 60.8 Å². The Morgan fingerprint density at radius 1 is 1.23 bits per heavy atom. The van der Waals surface area contributed by atoms with Crippen molar-refractivity contribution in [2.45, 2.75) is 45.4 Å². The van der Waals surface area contributed by atoms with Gasteiger partial charge in [-0.3, -0.25) is 14.7 Å². The lowest BCUT2D eigenvalue weighted by atomic mass is 9.98. The van der Waals surface area contributed by atoms with E-state index in [4.69, 9.17) is 9.47 Å². The van der Waals surface area contributed by atoms with E-state index < -0.39 is 23.9 Å². The molecule has 3 aromatic rings. The molecule has 0 bridgehead atoms. The van der Waals surface area contributed by atoms with Gasteiger partial charge in [0.1, 0.15) is 17.5 Å². The first-order chi connectivity index (χ1) is 19.2. The number of aromatic nitrogens is 2. The minimum absolute atomic E-state index is 0.0233. The van der Waals surface area contributed by atoms with Crippen molar-refractivity contribution in [2.24, 2.45) is 0 Å². The minimum Gasteiger partial charge on any atom is -0.443 e. The van der Waals surface area contributed by atoms with Crippen molar-refractivity contribution < 1.29 is 23.5 Å². The third kappa shape index (κ3) is 6.65. The number of nitrogens with zero attached hydrogens (tertiary/aromatic N) is 5. The van der Waals surface area contributed by atoms with Gasteiger partial charge in [-0.25, -0.2) is 14.0 Å². The van der Waals surface area contributed by atoms with Crippen LogP contribution >= 0.6 is 11.7 Å². The summed E-state index contributed by atoms with van der Waals surface area (Å²) in [6.07, 6.45) is 2.38. The molecule has 1 atom stereocenters. The summed E-state index contributed by atoms with van der Waals surface area (Å²) >= 11 is 0.957. The lowest BCUT2D eigenvalue weighted by Crippen LogP contribution is -2.42. The number of benzene rings is 2. The fourth-order valence-corrected chi connectivity index (χ4v) is 5.18. The zero-order valence-corrected chi connectivity index (χ0v) is 23.6. The monoisotopic (exact) mass is 565 g/mol. The number of ether oxygens (including phenoxy) is 2. The van der Waals surface area contributed by atoms with E-state index in [1.807, 2.05) is 18.2 Å². The highest BCUT2D eigenvalue weighted by Crippen LogP contribution is 2.30. The molecule has 1 fully saturated rings. The van der Waals surface area contributed by atoms with E-state index in [0.29, 0.717) is 17.1 Å². The average Bonchev–Trinajstić information content (AvgIpc) is 3.57. The molecule has 2 aliphatic heterocycles. The van der Waals surface area contributed by atoms with E-state index in [-0.39, 0.29) is 18.9 Å². The van der Waals surface area contributed by atoms with Crippen LogP contribution in [0.5, 0.6) is 0 Å². The molecule has 0 N–H and O–H groups in total. The summed E-state index contributed by atoms with van der Waals surface area (Å²) in [5.74, 6) is -0.0762. The molecule has 5 rings (SSSR count). The van der Waals surface area contributed by atoms with Gasteiger partial charge >= 0.3 is 12.2 Å². The Kier molecular flexibility index (Phi) is 8.13. The van der Waals surface area contributed by atoms with Crippen LogP contribution in [0.3, 0.4) is 0 Å². The molecule has 1 saturated heterocycles. The van der Waals surface area contributed by atoms with Gasteiger partial charge in [0, 0.05) is 25.2 Å². The number of carbonyl (C=O) groups is 2. The molecule has 2 aliphatic rings. The smallest absolute Gasteiger partial charge is 0.416 e. The van der Waals surface area contributed by atoms with Crippen LogP contribution in [0.25, 0.3) is 5.57 Å². The Bertz CT molecular complexity index is 1380. The van der Waals surface area contributed by atoms with Crippen LogP contribution in [0, 0.1) is 5.82 Å². The van der Waals surface area contributed by atoms with E-state index in [1.54, 1.807) is 32.9 Å². The maximum Gasteiger partial charge on any atom is 0.416 e. The molecule has 40 heavy (non-hydrogen) atoms. The Hall–Kier alpha value is -3.83. The fraction of sp³-hybridized carbons (Fsp3) is 0.379. The fourth-order valence-electron chi connectivity index (χ4n) is 4.76. The summed E-state index contributed by atoms with van der Waals surface area (Å²) in [6, 6.07) is 15.1. The number of hydrogen-bond donors (Lipinski definition) is 0. The van der Waals surface area contributed by atoms with Gasteiger partial charge in [0.2, 0.25) is 0 Å². The van der Waals surface area contributed by atoms with Crippen LogP contribution in [0.1, 0.15) is 38.3 Å². The molecule has 9 nitrogen and oxygen atoms in total. The molecule has 0 aliphatic carbocycles. The number of carbonyl (C=O) groups excluding carboxylic acids is 2. The van der Waals surface area contributed by atoms with Crippen LogP contribution in [-0.2, 0) is 16.0 Å². The number of rotatable bonds is 7. The van der Waals surface area contributed by atoms with Gasteiger partial charge in [-0.2, -0.15) is 8.75 Å². The van der Waals surface area contributed by atoms with Gasteiger partial charge in [-0.1, -0.05) is 36.4 Å². The van der Waals surface area contributed by atoms with Crippen molar-refractivity contribution in [3.8, 4) is 0 Å². The molecule has 2 aromatic carbocycles. The van der Waals surface area contributed by atoms with Crippen molar-refractivity contribution in [3.05, 3.63) is 77.7 Å². The molecule has 0 saturated carbocycles. The average molecular weight is 566 g/mol. The Balaban J connectivity index is 1.24. The summed E-state index contributed by atoms with van der Waals surface area (Å²) < 4.78 is 34.5. The highest BCUT2D eigenvalue weighted by atomic mass is 32.1. The predicted molar refractivity (Wildman–Crippen MR) is 152 cm³/mol. The molecule has 2 amide bonds. The standard InChI is InChI=1S/C29H32FN5O4S/c1-29(2,3)39-28(37)35(26-16-31-40-32-26)19-23-18-34(27(36)38-23)22-9-10-24(25(30)15-22)21-11-13-33(14-12-21)17-20-7-5-4-6-8-20/h4-11,15-16,23H,12-14,17-19H2,1-3H3/t23-/m1/s1. The molecular formula is C29H32FN5O4S. The molecule has 0 spiro atoms. The lowest BCUT2D eigenvalue weighted by Gasteiger charge is -2.27. The second-order valence-corrected chi connectivity index (χ2v) is 11.4. The number of anilines is 2. The van der Waals surface area contributed by atoms with Crippen LogP contribution in [0.4, 0.5) is 25.5 Å². The van der Waals surface area contributed by atoms with Gasteiger partial charge in [-0.15, -0.1) is 0 Å². The van der Waals surface area contributed by atoms with Crippen molar-refractivity contribution in [1.82, 2.24) is 13.6 Å². The number of amides is 2. The lowest BCUT2D eigenvalue weighted by molar-refractivity contribution is 0.0557. The van der Waals surface area contributed by atoms with E-state index in [0.717, 1.165) is 43.4 Å². The summed E-state index contributed by atoms with van der Waals surface area (Å²) in [5.41, 5.74) is 2.43. The summed E-state index contributed by atoms with van der Waals surface area (Å²) in [6.45, 7) is 7.90. The molecule has 210 valence electrons. The first kappa shape index (κ1) is 27.7. The van der Waals surface area contributed by atoms with Crippen LogP contribution in [-0.4, -0.2) is 63.7 Å². The van der Waals surface area contributed by atoms with E-state index in [9.17, 15) is 9.59 Å². The largest absolute Gasteiger partial charge is 0.443 e. The molecule has 0 unspecified atom stereocenters. The normalized spacial score (nSPS) is 17.9. The third-order valence-corrected chi connectivity index (χ3v) is 7.12. The van der Waals surface area contributed by atoms with Crippen molar-refractivity contribution in [1.29, 1.82) is 0 Å². The van der Waals surface area contributed by atoms with Gasteiger partial charge in [0.15, 0.2) is 5.82 Å². The Morgan fingerprint density at radius 2 is 2.02 bits per heavy atom. The summed E-state index contributed by atoms with van der Waals surface area (Å²) in [5, 5.41) is 0. The number of cyclic esters (lactones) is 1. The SMILES string of the molecule is CC(C)(C)OC(=O)N(C[C@H]1CN(c2ccc(C3=CCN(Cc4ccccc4)CC3)c(F)c2)C(=O)O1)c1cnsn1. The van der Waals surface area contributed by atoms with Gasteiger partial charge in [-0.05, 0) is 56.5 Å². The predicted octanol–water partition coefficient (Wildman–Crippen LogP) is 5.73. The van der Waals surface area contributed by atoms with E-state index in [1.165, 1.54) is 27.6 Å². The minimum atomic E-state index is -0.718. The maximum atomic E-state index is 15.3. The molecular weight excluding hydrogens is 533 g/mol. The second-order valence-electron chi connectivity index (χ2n) is 10.8. The van der Waals surface area contributed by atoms with E-state index in [2.05, 4.69) is 31.9 Å². The highest BCUT2D eigenvalue weighted by molar-refractivity contribution is 6.99. The Labute approximate surface area is 237 Å². The van der Waals surface area contributed by atoms with Crippen LogP contribution in [0.2, 0.25) is 0 Å². The van der Waals surface area contributed by atoms with Gasteiger partial charge < -0.3 is 9.47 Å². The Morgan fingerprint density at radius 3 is 2.67 bits per heavy atom. The van der Waals surface area contributed by atoms with Crippen molar-refractivity contribution in [3.63, 3.8) is 0 Å². The van der Waals surface area contributed by atoms with Crippen LogP contribution < -0.4 is 9.80 Å². The first-order valence-corrected chi connectivity index (χ1v) is 13.9. The third-order valence-electron chi connectivity index (χ3n) is 6.65. The van der Waals surface area contributed by atoms with Gasteiger partial charge in [0.25, 0.3) is 0 Å². The quantitative estimate of drug-likeness (QED) is 0.361. The molecule has 3 heterocycles. The maximum absolute atomic E-state index is 15.3. The molecule has 1 aromatic heterocycles. The molecule has 11 heteroatoms. The zero-order chi connectivity index (χ0) is 28.3. The zero-order valence-electron chi connectivity index (χ0n) is 22.7. The number of halogens is 1. The summed E-state index contributed by atoms with van der Waals surface area (Å²) in [4.78, 5) is 30.6. The second kappa shape index (κ2) is 11.7. The molecule has 0 radical (unpaired) electrons. The number of hydrogen-bond acceptors (Lipinski definition) is 8.